The molecule has 0 fully saturated rings. The van der Waals surface area contributed by atoms with Crippen LogP contribution in [0.1, 0.15) is 22.3 Å². The van der Waals surface area contributed by atoms with Crippen molar-refractivity contribution >= 4 is 33.3 Å². The Morgan fingerprint density at radius 3 is 2.88 bits per heavy atom. The van der Waals surface area contributed by atoms with E-state index in [9.17, 15) is 9.59 Å². The van der Waals surface area contributed by atoms with Crippen LogP contribution in [0.3, 0.4) is 0 Å². The zero-order valence-electron chi connectivity index (χ0n) is 9.52. The van der Waals surface area contributed by atoms with Gasteiger partial charge in [-0.05, 0) is 26.0 Å². The van der Waals surface area contributed by atoms with Crippen molar-refractivity contribution in [2.75, 3.05) is 6.61 Å². The van der Waals surface area contributed by atoms with E-state index in [2.05, 4.69) is 4.98 Å². The summed E-state index contributed by atoms with van der Waals surface area (Å²) >= 11 is 1.49. The monoisotopic (exact) mass is 249 g/mol. The molecule has 0 atom stereocenters. The third-order valence-corrected chi connectivity index (χ3v) is 3.17. The topological polar surface area (TPSA) is 56.3 Å². The van der Waals surface area contributed by atoms with E-state index >= 15 is 0 Å². The second kappa shape index (κ2) is 4.63. The molecule has 0 saturated heterocycles. The van der Waals surface area contributed by atoms with Crippen LogP contribution in [0.5, 0.6) is 0 Å². The number of hydrogen-bond donors (Lipinski definition) is 0. The van der Waals surface area contributed by atoms with Gasteiger partial charge in [-0.3, -0.25) is 4.79 Å². The number of aryl methyl sites for hydroxylation is 1. The third kappa shape index (κ3) is 2.19. The van der Waals surface area contributed by atoms with Gasteiger partial charge >= 0.3 is 5.97 Å². The molecular weight excluding hydrogens is 238 g/mol. The summed E-state index contributed by atoms with van der Waals surface area (Å²) in [5.74, 6) is -1.46. The Labute approximate surface area is 102 Å². The SMILES string of the molecule is CCOC(=O)C(=O)c1cccc2sc(C)nc12. The summed E-state index contributed by atoms with van der Waals surface area (Å²) in [6.45, 7) is 3.72. The fraction of sp³-hybridized carbons (Fsp3) is 0.250. The molecular formula is C12H11NO3S. The smallest absolute Gasteiger partial charge is 0.379 e. The molecule has 0 unspecified atom stereocenters. The van der Waals surface area contributed by atoms with E-state index in [1.54, 1.807) is 19.1 Å². The van der Waals surface area contributed by atoms with Gasteiger partial charge in [-0.1, -0.05) is 6.07 Å². The fourth-order valence-electron chi connectivity index (χ4n) is 1.55. The molecule has 0 N–H and O–H groups in total. The van der Waals surface area contributed by atoms with Gasteiger partial charge in [-0.25, -0.2) is 9.78 Å². The Bertz CT molecular complexity index is 588. The van der Waals surface area contributed by atoms with Crippen molar-refractivity contribution in [3.63, 3.8) is 0 Å². The number of thiazole rings is 1. The number of esters is 1. The van der Waals surface area contributed by atoms with Gasteiger partial charge in [-0.15, -0.1) is 11.3 Å². The van der Waals surface area contributed by atoms with E-state index in [-0.39, 0.29) is 6.61 Å². The first-order chi connectivity index (χ1) is 8.13. The van der Waals surface area contributed by atoms with Crippen LogP contribution in [0.15, 0.2) is 18.2 Å². The highest BCUT2D eigenvalue weighted by molar-refractivity contribution is 7.18. The summed E-state index contributed by atoms with van der Waals surface area (Å²) in [6.07, 6.45) is 0. The van der Waals surface area contributed by atoms with Crippen LogP contribution in [-0.4, -0.2) is 23.3 Å². The van der Waals surface area contributed by atoms with Crippen molar-refractivity contribution in [2.45, 2.75) is 13.8 Å². The summed E-state index contributed by atoms with van der Waals surface area (Å²) in [4.78, 5) is 27.5. The van der Waals surface area contributed by atoms with Gasteiger partial charge in [0.25, 0.3) is 5.78 Å². The molecule has 0 aliphatic rings. The van der Waals surface area contributed by atoms with Crippen molar-refractivity contribution < 1.29 is 14.3 Å². The lowest BCUT2D eigenvalue weighted by Crippen LogP contribution is -2.17. The summed E-state index contributed by atoms with van der Waals surface area (Å²) in [5, 5.41) is 0.865. The second-order valence-electron chi connectivity index (χ2n) is 3.43. The molecule has 0 amide bonds. The molecule has 0 saturated carbocycles. The van der Waals surface area contributed by atoms with E-state index in [1.165, 1.54) is 11.3 Å². The molecule has 0 spiro atoms. The van der Waals surface area contributed by atoms with Crippen molar-refractivity contribution in [3.8, 4) is 0 Å². The van der Waals surface area contributed by atoms with E-state index in [0.29, 0.717) is 11.1 Å². The molecule has 2 aromatic rings. The second-order valence-corrected chi connectivity index (χ2v) is 4.67. The molecule has 0 aliphatic carbocycles. The zero-order valence-corrected chi connectivity index (χ0v) is 10.3. The van der Waals surface area contributed by atoms with Crippen LogP contribution < -0.4 is 0 Å². The number of carbonyl (C=O) groups is 2. The van der Waals surface area contributed by atoms with Crippen molar-refractivity contribution in [1.82, 2.24) is 4.98 Å². The van der Waals surface area contributed by atoms with E-state index in [4.69, 9.17) is 4.74 Å². The van der Waals surface area contributed by atoms with Crippen molar-refractivity contribution in [3.05, 3.63) is 28.8 Å². The van der Waals surface area contributed by atoms with Crippen molar-refractivity contribution in [1.29, 1.82) is 0 Å². The molecule has 2 rings (SSSR count). The quantitative estimate of drug-likeness (QED) is 0.476. The molecule has 1 heterocycles. The molecule has 0 radical (unpaired) electrons. The number of fused-ring (bicyclic) bond motifs is 1. The Morgan fingerprint density at radius 1 is 1.41 bits per heavy atom. The van der Waals surface area contributed by atoms with Gasteiger partial charge in [0.15, 0.2) is 0 Å². The standard InChI is InChI=1S/C12H11NO3S/c1-3-16-12(15)11(14)8-5-4-6-9-10(8)13-7(2)17-9/h4-6H,3H2,1-2H3. The highest BCUT2D eigenvalue weighted by Gasteiger charge is 2.21. The number of hydrogen-bond acceptors (Lipinski definition) is 5. The molecule has 17 heavy (non-hydrogen) atoms. The van der Waals surface area contributed by atoms with Crippen LogP contribution >= 0.6 is 11.3 Å². The Hall–Kier alpha value is -1.75. The van der Waals surface area contributed by atoms with Crippen LogP contribution in [-0.2, 0) is 9.53 Å². The Balaban J connectivity index is 2.48. The largest absolute Gasteiger partial charge is 0.460 e. The first-order valence-electron chi connectivity index (χ1n) is 5.21. The highest BCUT2D eigenvalue weighted by Crippen LogP contribution is 2.24. The number of ketones is 1. The molecule has 1 aromatic heterocycles. The molecule has 88 valence electrons. The van der Waals surface area contributed by atoms with E-state index < -0.39 is 11.8 Å². The number of benzene rings is 1. The number of carbonyl (C=O) groups excluding carboxylic acids is 2. The Kier molecular flexibility index (Phi) is 3.19. The van der Waals surface area contributed by atoms with Gasteiger partial charge in [-0.2, -0.15) is 0 Å². The predicted octanol–water partition coefficient (Wildman–Crippen LogP) is 2.35. The van der Waals surface area contributed by atoms with Gasteiger partial charge in [0.2, 0.25) is 0 Å². The molecule has 4 nitrogen and oxygen atoms in total. The third-order valence-electron chi connectivity index (χ3n) is 2.23. The minimum absolute atomic E-state index is 0.191. The number of Topliss-reactive ketones (excluding diaryl/α,β-unsaturated/α-hetero) is 1. The average Bonchev–Trinajstić information content (AvgIpc) is 2.68. The lowest BCUT2D eigenvalue weighted by atomic mass is 10.1. The number of ether oxygens (including phenoxy) is 1. The number of nitrogens with zero attached hydrogens (tertiary/aromatic N) is 1. The fourth-order valence-corrected chi connectivity index (χ4v) is 2.40. The van der Waals surface area contributed by atoms with Crippen LogP contribution in [0.4, 0.5) is 0 Å². The summed E-state index contributed by atoms with van der Waals surface area (Å²) in [5.41, 5.74) is 0.887. The summed E-state index contributed by atoms with van der Waals surface area (Å²) in [6, 6.07) is 5.22. The first kappa shape index (κ1) is 11.7. The maximum absolute atomic E-state index is 11.8. The highest BCUT2D eigenvalue weighted by atomic mass is 32.1. The maximum atomic E-state index is 11.8. The van der Waals surface area contributed by atoms with Crippen LogP contribution in [0.25, 0.3) is 10.2 Å². The van der Waals surface area contributed by atoms with Crippen LogP contribution in [0, 0.1) is 6.92 Å². The first-order valence-corrected chi connectivity index (χ1v) is 6.02. The molecule has 0 bridgehead atoms. The van der Waals surface area contributed by atoms with Gasteiger partial charge in [0.05, 0.1) is 27.4 Å². The minimum Gasteiger partial charge on any atom is -0.460 e. The lowest BCUT2D eigenvalue weighted by Gasteiger charge is -2.01. The van der Waals surface area contributed by atoms with E-state index in [1.807, 2.05) is 13.0 Å². The maximum Gasteiger partial charge on any atom is 0.379 e. The predicted molar refractivity (Wildman–Crippen MR) is 65.3 cm³/mol. The average molecular weight is 249 g/mol. The normalized spacial score (nSPS) is 10.5. The minimum atomic E-state index is -0.828. The zero-order chi connectivity index (χ0) is 12.4. The van der Waals surface area contributed by atoms with Gasteiger partial charge < -0.3 is 4.74 Å². The summed E-state index contributed by atoms with van der Waals surface area (Å²) in [7, 11) is 0. The number of para-hydroxylation sites is 1. The lowest BCUT2D eigenvalue weighted by molar-refractivity contribution is -0.137. The molecule has 0 aliphatic heterocycles. The van der Waals surface area contributed by atoms with Gasteiger partial charge in [0, 0.05) is 0 Å². The number of aromatic nitrogens is 1. The van der Waals surface area contributed by atoms with Gasteiger partial charge in [0.1, 0.15) is 0 Å². The van der Waals surface area contributed by atoms with Crippen LogP contribution in [0.2, 0.25) is 0 Å². The van der Waals surface area contributed by atoms with Crippen molar-refractivity contribution in [2.24, 2.45) is 0 Å². The van der Waals surface area contributed by atoms with E-state index in [0.717, 1.165) is 9.71 Å². The molecule has 1 aromatic carbocycles. The number of rotatable bonds is 3. The Morgan fingerprint density at radius 2 is 2.18 bits per heavy atom. The molecule has 5 heteroatoms. The summed E-state index contributed by atoms with van der Waals surface area (Å²) < 4.78 is 5.60.